The van der Waals surface area contributed by atoms with Crippen LogP contribution in [0.25, 0.3) is 11.1 Å². The van der Waals surface area contributed by atoms with Gasteiger partial charge in [0.05, 0.1) is 37.4 Å². The van der Waals surface area contributed by atoms with E-state index >= 15 is 0 Å². The van der Waals surface area contributed by atoms with E-state index in [1.54, 1.807) is 4.90 Å². The molecule has 1 aliphatic carbocycles. The first kappa shape index (κ1) is 26.6. The SMILES string of the molecule is COc1cc2c(cc1OCCC(=O)O)N(C(=O)OCC1c3ccccc3-c3ccccc31)C(O)C1CCCN1C2=O. The lowest BCUT2D eigenvalue weighted by molar-refractivity contribution is -0.137. The van der Waals surface area contributed by atoms with Crippen molar-refractivity contribution >= 4 is 23.7 Å². The number of methoxy groups -OCH3 is 1. The molecule has 1 fully saturated rings. The number of aliphatic carboxylic acids is 1. The van der Waals surface area contributed by atoms with Crippen molar-refractivity contribution in [1.29, 1.82) is 0 Å². The highest BCUT2D eigenvalue weighted by Crippen LogP contribution is 2.45. The molecule has 6 rings (SSSR count). The second-order valence-electron chi connectivity index (χ2n) is 10.3. The molecule has 3 aliphatic rings. The topological polar surface area (TPSA) is 126 Å². The van der Waals surface area contributed by atoms with Gasteiger partial charge in [-0.2, -0.15) is 0 Å². The lowest BCUT2D eigenvalue weighted by Crippen LogP contribution is -2.51. The molecular formula is C31H30N2O8. The fourth-order valence-corrected chi connectivity index (χ4v) is 6.13. The molecular weight excluding hydrogens is 528 g/mol. The van der Waals surface area contributed by atoms with E-state index in [2.05, 4.69) is 0 Å². The molecule has 212 valence electrons. The summed E-state index contributed by atoms with van der Waals surface area (Å²) in [7, 11) is 1.41. The summed E-state index contributed by atoms with van der Waals surface area (Å²) in [5, 5.41) is 20.5. The molecule has 2 N–H and O–H groups in total. The summed E-state index contributed by atoms with van der Waals surface area (Å²) in [5.41, 5.74) is 4.55. The van der Waals surface area contributed by atoms with E-state index in [0.29, 0.717) is 19.4 Å². The summed E-state index contributed by atoms with van der Waals surface area (Å²) >= 11 is 0. The molecule has 0 bridgehead atoms. The maximum Gasteiger partial charge on any atom is 0.416 e. The van der Waals surface area contributed by atoms with Gasteiger partial charge in [0, 0.05) is 18.5 Å². The predicted molar refractivity (Wildman–Crippen MR) is 148 cm³/mol. The van der Waals surface area contributed by atoms with Crippen LogP contribution < -0.4 is 14.4 Å². The monoisotopic (exact) mass is 558 g/mol. The number of fused-ring (bicyclic) bond motifs is 5. The van der Waals surface area contributed by atoms with E-state index in [1.165, 1.54) is 19.2 Å². The molecule has 2 unspecified atom stereocenters. The van der Waals surface area contributed by atoms with Gasteiger partial charge in [-0.1, -0.05) is 48.5 Å². The highest BCUT2D eigenvalue weighted by Gasteiger charge is 2.45. The minimum absolute atomic E-state index is 0.0336. The van der Waals surface area contributed by atoms with E-state index in [9.17, 15) is 19.5 Å². The number of nitrogens with zero attached hydrogens (tertiary/aromatic N) is 2. The number of ether oxygens (including phenoxy) is 3. The molecule has 0 radical (unpaired) electrons. The van der Waals surface area contributed by atoms with Crippen LogP contribution in [0.5, 0.6) is 11.5 Å². The zero-order chi connectivity index (χ0) is 28.7. The first-order chi connectivity index (χ1) is 19.9. The molecule has 41 heavy (non-hydrogen) atoms. The Labute approximate surface area is 236 Å². The minimum Gasteiger partial charge on any atom is -0.493 e. The zero-order valence-electron chi connectivity index (χ0n) is 22.5. The number of carbonyl (C=O) groups excluding carboxylic acids is 2. The number of anilines is 1. The number of amides is 2. The number of carbonyl (C=O) groups is 3. The lowest BCUT2D eigenvalue weighted by Gasteiger charge is -2.32. The summed E-state index contributed by atoms with van der Waals surface area (Å²) in [6, 6.07) is 18.3. The number of hydrogen-bond acceptors (Lipinski definition) is 7. The van der Waals surface area contributed by atoms with E-state index in [4.69, 9.17) is 19.3 Å². The first-order valence-electron chi connectivity index (χ1n) is 13.6. The van der Waals surface area contributed by atoms with Crippen LogP contribution >= 0.6 is 0 Å². The van der Waals surface area contributed by atoms with Crippen LogP contribution in [0.3, 0.4) is 0 Å². The second kappa shape index (κ2) is 10.8. The predicted octanol–water partition coefficient (Wildman–Crippen LogP) is 4.24. The fourth-order valence-electron chi connectivity index (χ4n) is 6.13. The number of rotatable bonds is 7. The van der Waals surface area contributed by atoms with Gasteiger partial charge >= 0.3 is 12.1 Å². The van der Waals surface area contributed by atoms with Gasteiger partial charge in [0.15, 0.2) is 17.7 Å². The number of aliphatic hydroxyl groups is 1. The highest BCUT2D eigenvalue weighted by molar-refractivity contribution is 6.06. The smallest absolute Gasteiger partial charge is 0.416 e. The molecule has 0 saturated carbocycles. The molecule has 3 aromatic carbocycles. The Bertz CT molecular complexity index is 1480. The summed E-state index contributed by atoms with van der Waals surface area (Å²) in [6.07, 6.45) is -1.21. The summed E-state index contributed by atoms with van der Waals surface area (Å²) in [6.45, 7) is 0.324. The fraction of sp³-hybridized carbons (Fsp3) is 0.323. The second-order valence-corrected chi connectivity index (χ2v) is 10.3. The Morgan fingerprint density at radius 3 is 2.32 bits per heavy atom. The number of carboxylic acids is 1. The van der Waals surface area contributed by atoms with Crippen LogP contribution in [0.2, 0.25) is 0 Å². The molecule has 2 atom stereocenters. The Morgan fingerprint density at radius 1 is 0.976 bits per heavy atom. The average molecular weight is 559 g/mol. The van der Waals surface area contributed by atoms with Gasteiger partial charge in [-0.25, -0.2) is 9.69 Å². The molecule has 2 heterocycles. The van der Waals surface area contributed by atoms with E-state index in [0.717, 1.165) is 27.2 Å². The van der Waals surface area contributed by atoms with Crippen molar-refractivity contribution in [2.24, 2.45) is 0 Å². The van der Waals surface area contributed by atoms with Crippen LogP contribution in [0, 0.1) is 0 Å². The molecule has 3 aromatic rings. The highest BCUT2D eigenvalue weighted by atomic mass is 16.6. The molecule has 0 aromatic heterocycles. The van der Waals surface area contributed by atoms with Crippen LogP contribution in [-0.4, -0.2) is 72.2 Å². The maximum atomic E-state index is 13.8. The van der Waals surface area contributed by atoms with Crippen molar-refractivity contribution in [2.75, 3.05) is 31.8 Å². The largest absolute Gasteiger partial charge is 0.493 e. The van der Waals surface area contributed by atoms with Gasteiger partial charge in [0.1, 0.15) is 6.61 Å². The average Bonchev–Trinajstić information content (AvgIpc) is 3.57. The number of carboxylic acid groups (broad SMARTS) is 1. The van der Waals surface area contributed by atoms with Gasteiger partial charge in [0.2, 0.25) is 0 Å². The van der Waals surface area contributed by atoms with Crippen molar-refractivity contribution in [3.8, 4) is 22.6 Å². The summed E-state index contributed by atoms with van der Waals surface area (Å²) in [4.78, 5) is 41.2. The standard InChI is InChI=1S/C31H30N2O8/c1-39-26-15-22-25(16-27(26)40-14-12-28(34)35)33(30(37)24-11-6-13-32(24)29(22)36)31(38)41-17-23-20-9-4-2-7-18(20)19-8-3-5-10-21(19)23/h2-5,7-10,15-16,23-24,30,37H,6,11-14,17H2,1H3,(H,34,35). The summed E-state index contributed by atoms with van der Waals surface area (Å²) < 4.78 is 17.0. The molecule has 10 nitrogen and oxygen atoms in total. The Hall–Kier alpha value is -4.57. The lowest BCUT2D eigenvalue weighted by atomic mass is 9.98. The van der Waals surface area contributed by atoms with E-state index in [1.807, 2.05) is 48.5 Å². The Morgan fingerprint density at radius 2 is 1.66 bits per heavy atom. The van der Waals surface area contributed by atoms with Gasteiger partial charge in [0.25, 0.3) is 5.91 Å². The first-order valence-corrected chi connectivity index (χ1v) is 13.6. The molecule has 2 aliphatic heterocycles. The Balaban J connectivity index is 1.35. The van der Waals surface area contributed by atoms with Crippen molar-refractivity contribution in [1.82, 2.24) is 4.90 Å². The van der Waals surface area contributed by atoms with Crippen molar-refractivity contribution < 1.29 is 38.8 Å². The number of aliphatic hydroxyl groups excluding tert-OH is 1. The molecule has 1 saturated heterocycles. The summed E-state index contributed by atoms with van der Waals surface area (Å²) in [5.74, 6) is -1.21. The van der Waals surface area contributed by atoms with Gasteiger partial charge in [-0.05, 0) is 41.2 Å². The Kier molecular flexibility index (Phi) is 7.00. The van der Waals surface area contributed by atoms with Crippen molar-refractivity contribution in [2.45, 2.75) is 37.5 Å². The van der Waals surface area contributed by atoms with Crippen LogP contribution in [0.1, 0.15) is 46.7 Å². The number of hydrogen-bond donors (Lipinski definition) is 2. The van der Waals surface area contributed by atoms with Gasteiger partial charge in [-0.3, -0.25) is 9.59 Å². The van der Waals surface area contributed by atoms with Gasteiger partial charge < -0.3 is 29.3 Å². The van der Waals surface area contributed by atoms with Crippen LogP contribution in [0.15, 0.2) is 60.7 Å². The number of benzene rings is 3. The van der Waals surface area contributed by atoms with E-state index < -0.39 is 24.3 Å². The minimum atomic E-state index is -1.36. The van der Waals surface area contributed by atoms with Crippen LogP contribution in [0.4, 0.5) is 10.5 Å². The normalized spacial score (nSPS) is 19.1. The van der Waals surface area contributed by atoms with E-state index in [-0.39, 0.29) is 54.2 Å². The molecule has 0 spiro atoms. The zero-order valence-corrected chi connectivity index (χ0v) is 22.5. The van der Waals surface area contributed by atoms with Crippen molar-refractivity contribution in [3.05, 3.63) is 77.4 Å². The molecule has 2 amide bonds. The van der Waals surface area contributed by atoms with Gasteiger partial charge in [-0.15, -0.1) is 0 Å². The van der Waals surface area contributed by atoms with Crippen LogP contribution in [-0.2, 0) is 9.53 Å². The third kappa shape index (κ3) is 4.63. The third-order valence-corrected chi connectivity index (χ3v) is 8.05. The quantitative estimate of drug-likeness (QED) is 0.441. The maximum absolute atomic E-state index is 13.8. The third-order valence-electron chi connectivity index (χ3n) is 8.05. The molecule has 10 heteroatoms. The van der Waals surface area contributed by atoms with Crippen molar-refractivity contribution in [3.63, 3.8) is 0 Å².